The molecular weight excluding hydrogens is 340 g/mol. The lowest BCUT2D eigenvalue weighted by Crippen LogP contribution is -2.25. The summed E-state index contributed by atoms with van der Waals surface area (Å²) in [5.41, 5.74) is 1.64. The minimum atomic E-state index is -0.0218. The number of benzene rings is 1. The molecule has 4 rings (SSSR count). The van der Waals surface area contributed by atoms with Crippen LogP contribution in [0, 0.1) is 5.92 Å². The van der Waals surface area contributed by atoms with Crippen molar-refractivity contribution >= 4 is 11.8 Å². The minimum absolute atomic E-state index is 0.00305. The Morgan fingerprint density at radius 1 is 1.11 bits per heavy atom. The summed E-state index contributed by atoms with van der Waals surface area (Å²) in [7, 11) is 0. The van der Waals surface area contributed by atoms with Gasteiger partial charge in [0.15, 0.2) is 0 Å². The summed E-state index contributed by atoms with van der Waals surface area (Å²) in [6.07, 6.45) is 4.39. The summed E-state index contributed by atoms with van der Waals surface area (Å²) in [5.74, 6) is 3.21. The number of carbonyl (C=O) groups excluding carboxylic acids is 2. The Bertz CT molecular complexity index is 820. The fourth-order valence-corrected chi connectivity index (χ4v) is 3.24. The van der Waals surface area contributed by atoms with Gasteiger partial charge in [0, 0.05) is 36.9 Å². The number of hydrogen-bond acceptors (Lipinski definition) is 3. The fraction of sp³-hybridized carbons (Fsp3) is 0.455. The quantitative estimate of drug-likeness (QED) is 0.751. The van der Waals surface area contributed by atoms with E-state index < -0.39 is 0 Å². The van der Waals surface area contributed by atoms with Crippen molar-refractivity contribution in [3.63, 3.8) is 0 Å². The average Bonchev–Trinajstić information content (AvgIpc) is 3.58. The third-order valence-corrected chi connectivity index (χ3v) is 5.37. The van der Waals surface area contributed by atoms with Gasteiger partial charge in [0.25, 0.3) is 5.91 Å². The Balaban J connectivity index is 1.19. The lowest BCUT2D eigenvalue weighted by Gasteiger charge is -2.07. The highest BCUT2D eigenvalue weighted by Crippen LogP contribution is 2.47. The third-order valence-electron chi connectivity index (χ3n) is 5.37. The molecule has 0 aliphatic heterocycles. The van der Waals surface area contributed by atoms with E-state index in [1.165, 1.54) is 6.42 Å². The Labute approximate surface area is 159 Å². The van der Waals surface area contributed by atoms with Crippen molar-refractivity contribution in [1.29, 1.82) is 0 Å². The van der Waals surface area contributed by atoms with Gasteiger partial charge in [0.05, 0.1) is 0 Å². The van der Waals surface area contributed by atoms with E-state index in [4.69, 9.17) is 4.42 Å². The largest absolute Gasteiger partial charge is 0.466 e. The number of rotatable bonds is 8. The zero-order chi connectivity index (χ0) is 18.8. The second-order valence-electron chi connectivity index (χ2n) is 7.84. The number of carbonyl (C=O) groups is 2. The van der Waals surface area contributed by atoms with Crippen molar-refractivity contribution in [2.75, 3.05) is 0 Å². The smallest absolute Gasteiger partial charge is 0.251 e. The maximum absolute atomic E-state index is 12.1. The van der Waals surface area contributed by atoms with Crippen LogP contribution < -0.4 is 10.6 Å². The molecule has 2 amide bonds. The van der Waals surface area contributed by atoms with E-state index in [1.54, 1.807) is 0 Å². The second-order valence-corrected chi connectivity index (χ2v) is 7.84. The van der Waals surface area contributed by atoms with Gasteiger partial charge >= 0.3 is 0 Å². The molecule has 1 aromatic carbocycles. The number of amides is 2. The van der Waals surface area contributed by atoms with Gasteiger partial charge in [-0.2, -0.15) is 0 Å². The molecule has 0 radical (unpaired) electrons. The van der Waals surface area contributed by atoms with Gasteiger partial charge in [-0.25, -0.2) is 0 Å². The Kier molecular flexibility index (Phi) is 5.01. The highest BCUT2D eigenvalue weighted by Gasteiger charge is 2.36. The molecule has 5 nitrogen and oxygen atoms in total. The average molecular weight is 366 g/mol. The van der Waals surface area contributed by atoms with E-state index in [-0.39, 0.29) is 11.8 Å². The van der Waals surface area contributed by atoms with Crippen LogP contribution >= 0.6 is 0 Å². The molecule has 0 spiro atoms. The Morgan fingerprint density at radius 2 is 1.85 bits per heavy atom. The summed E-state index contributed by atoms with van der Waals surface area (Å²) in [4.78, 5) is 24.0. The number of furan rings is 1. The number of hydrogen-bond donors (Lipinski definition) is 2. The normalized spacial score (nSPS) is 20.9. The van der Waals surface area contributed by atoms with Crippen LogP contribution in [0.1, 0.15) is 66.0 Å². The van der Waals surface area contributed by atoms with Gasteiger partial charge in [0.2, 0.25) is 5.91 Å². The van der Waals surface area contributed by atoms with Gasteiger partial charge < -0.3 is 15.1 Å². The molecule has 2 aromatic rings. The molecule has 1 heterocycles. The molecule has 2 aliphatic rings. The topological polar surface area (TPSA) is 71.3 Å². The van der Waals surface area contributed by atoms with E-state index in [1.807, 2.05) is 36.4 Å². The summed E-state index contributed by atoms with van der Waals surface area (Å²) in [6.45, 7) is 2.69. The van der Waals surface area contributed by atoms with Crippen LogP contribution in [-0.2, 0) is 17.8 Å². The van der Waals surface area contributed by atoms with Crippen LogP contribution in [0.5, 0.6) is 0 Å². The molecule has 2 unspecified atom stereocenters. The van der Waals surface area contributed by atoms with Crippen molar-refractivity contribution in [2.45, 2.75) is 57.5 Å². The first-order chi connectivity index (χ1) is 13.1. The van der Waals surface area contributed by atoms with Gasteiger partial charge in [-0.05, 0) is 55.0 Å². The van der Waals surface area contributed by atoms with Crippen molar-refractivity contribution < 1.29 is 14.0 Å². The predicted molar refractivity (Wildman–Crippen MR) is 102 cm³/mol. The minimum Gasteiger partial charge on any atom is -0.466 e. The van der Waals surface area contributed by atoms with Crippen molar-refractivity contribution in [1.82, 2.24) is 10.6 Å². The van der Waals surface area contributed by atoms with Crippen LogP contribution in [0.3, 0.4) is 0 Å². The van der Waals surface area contributed by atoms with Crippen LogP contribution in [0.15, 0.2) is 40.8 Å². The summed E-state index contributed by atoms with van der Waals surface area (Å²) in [5, 5.41) is 5.90. The fourth-order valence-electron chi connectivity index (χ4n) is 3.24. The van der Waals surface area contributed by atoms with E-state index in [9.17, 15) is 9.59 Å². The zero-order valence-corrected chi connectivity index (χ0v) is 15.7. The first-order valence-corrected chi connectivity index (χ1v) is 9.83. The summed E-state index contributed by atoms with van der Waals surface area (Å²) in [6, 6.07) is 11.8. The van der Waals surface area contributed by atoms with Crippen LogP contribution in [-0.4, -0.2) is 17.9 Å². The Morgan fingerprint density at radius 3 is 2.52 bits per heavy atom. The van der Waals surface area contributed by atoms with Gasteiger partial charge in [-0.3, -0.25) is 9.59 Å². The zero-order valence-electron chi connectivity index (χ0n) is 15.7. The first-order valence-electron chi connectivity index (χ1n) is 9.83. The molecule has 2 atom stereocenters. The monoisotopic (exact) mass is 366 g/mol. The van der Waals surface area contributed by atoms with E-state index in [2.05, 4.69) is 17.6 Å². The molecule has 5 heteroatoms. The second kappa shape index (κ2) is 7.59. The molecule has 2 aliphatic carbocycles. The maximum Gasteiger partial charge on any atom is 0.251 e. The third kappa shape index (κ3) is 4.79. The van der Waals surface area contributed by atoms with Crippen LogP contribution in [0.4, 0.5) is 0 Å². The van der Waals surface area contributed by atoms with E-state index >= 15 is 0 Å². The molecule has 2 fully saturated rings. The molecule has 27 heavy (non-hydrogen) atoms. The SMILES string of the molecule is CC1CC1c1ccc(CCC(=O)NCc2ccc(C(=O)NC3CC3)cc2)o1. The van der Waals surface area contributed by atoms with Crippen LogP contribution in [0.2, 0.25) is 0 Å². The lowest BCUT2D eigenvalue weighted by molar-refractivity contribution is -0.121. The first kappa shape index (κ1) is 17.8. The molecule has 0 bridgehead atoms. The molecule has 142 valence electrons. The molecule has 2 saturated carbocycles. The van der Waals surface area contributed by atoms with E-state index in [0.29, 0.717) is 36.9 Å². The Hall–Kier alpha value is -2.56. The highest BCUT2D eigenvalue weighted by atomic mass is 16.3. The highest BCUT2D eigenvalue weighted by molar-refractivity contribution is 5.94. The van der Waals surface area contributed by atoms with Gasteiger partial charge in [-0.1, -0.05) is 19.1 Å². The predicted octanol–water partition coefficient (Wildman–Crippen LogP) is 3.54. The van der Waals surface area contributed by atoms with Crippen LogP contribution in [0.25, 0.3) is 0 Å². The molecular formula is C22H26N2O3. The molecule has 2 N–H and O–H groups in total. The van der Waals surface area contributed by atoms with Gasteiger partial charge in [-0.15, -0.1) is 0 Å². The standard InChI is InChI=1S/C22H26N2O3/c1-14-12-19(14)20-10-8-18(27-20)9-11-21(25)23-13-15-2-4-16(5-3-15)22(26)24-17-6-7-17/h2-5,8,10,14,17,19H,6-7,9,11-13H2,1H3,(H,23,25)(H,24,26). The number of nitrogens with one attached hydrogen (secondary N) is 2. The van der Waals surface area contributed by atoms with Crippen molar-refractivity contribution in [2.24, 2.45) is 5.92 Å². The summed E-state index contributed by atoms with van der Waals surface area (Å²) < 4.78 is 5.84. The van der Waals surface area contributed by atoms with Gasteiger partial charge in [0.1, 0.15) is 11.5 Å². The van der Waals surface area contributed by atoms with Crippen molar-refractivity contribution in [3.05, 3.63) is 59.0 Å². The molecule has 0 saturated heterocycles. The lowest BCUT2D eigenvalue weighted by atomic mass is 10.1. The summed E-state index contributed by atoms with van der Waals surface area (Å²) >= 11 is 0. The maximum atomic E-state index is 12.1. The molecule has 1 aromatic heterocycles. The van der Waals surface area contributed by atoms with Crippen molar-refractivity contribution in [3.8, 4) is 0 Å². The van der Waals surface area contributed by atoms with E-state index in [0.717, 1.165) is 35.8 Å². The number of aryl methyl sites for hydroxylation is 1.